The van der Waals surface area contributed by atoms with Crippen LogP contribution in [0.25, 0.3) is 0 Å². The van der Waals surface area contributed by atoms with Crippen molar-refractivity contribution in [3.63, 3.8) is 0 Å². The number of hydrogen-bond donors (Lipinski definition) is 1. The summed E-state index contributed by atoms with van der Waals surface area (Å²) in [5.74, 6) is 0.599. The van der Waals surface area contributed by atoms with Gasteiger partial charge in [-0.15, -0.1) is 0 Å². The average molecular weight is 377 g/mol. The third-order valence-corrected chi connectivity index (χ3v) is 5.38. The zero-order valence-electron chi connectivity index (χ0n) is 16.6. The Bertz CT molecular complexity index is 638. The predicted molar refractivity (Wildman–Crippen MR) is 101 cm³/mol. The number of ether oxygens (including phenoxy) is 1. The minimum Gasteiger partial charge on any atom is -0.441 e. The van der Waals surface area contributed by atoms with Gasteiger partial charge in [0.15, 0.2) is 0 Å². The van der Waals surface area contributed by atoms with Crippen LogP contribution in [0, 0.1) is 5.92 Å². The first-order valence-electron chi connectivity index (χ1n) is 9.84. The van der Waals surface area contributed by atoms with Crippen molar-refractivity contribution in [3.8, 4) is 0 Å². The molecule has 2 fully saturated rings. The van der Waals surface area contributed by atoms with E-state index in [0.29, 0.717) is 44.1 Å². The van der Waals surface area contributed by atoms with Gasteiger partial charge in [0, 0.05) is 45.2 Å². The first-order chi connectivity index (χ1) is 12.9. The normalized spacial score (nSPS) is 19.4. The van der Waals surface area contributed by atoms with Gasteiger partial charge in [0.25, 0.3) is 5.91 Å². The Morgan fingerprint density at radius 2 is 2.15 bits per heavy atom. The molecule has 0 aliphatic carbocycles. The molecule has 1 spiro atoms. The molecule has 8 heteroatoms. The molecule has 0 saturated carbocycles. The maximum Gasteiger partial charge on any atom is 0.410 e. The van der Waals surface area contributed by atoms with Crippen LogP contribution in [0.4, 0.5) is 4.79 Å². The first-order valence-corrected chi connectivity index (χ1v) is 9.84. The Hall–Kier alpha value is -2.09. The maximum absolute atomic E-state index is 12.4. The van der Waals surface area contributed by atoms with Crippen molar-refractivity contribution in [2.24, 2.45) is 5.92 Å². The molecule has 1 aromatic heterocycles. The van der Waals surface area contributed by atoms with E-state index in [4.69, 9.17) is 4.74 Å². The lowest BCUT2D eigenvalue weighted by atomic mass is 9.91. The zero-order chi connectivity index (χ0) is 19.4. The van der Waals surface area contributed by atoms with Crippen LogP contribution in [0.5, 0.6) is 0 Å². The van der Waals surface area contributed by atoms with Gasteiger partial charge in [0.1, 0.15) is 11.3 Å². The summed E-state index contributed by atoms with van der Waals surface area (Å²) >= 11 is 0. The molecule has 3 rings (SSSR count). The number of aromatic amines is 1. The Morgan fingerprint density at radius 1 is 1.41 bits per heavy atom. The van der Waals surface area contributed by atoms with Gasteiger partial charge in [0.05, 0.1) is 6.54 Å². The zero-order valence-corrected chi connectivity index (χ0v) is 16.6. The molecule has 2 aliphatic heterocycles. The summed E-state index contributed by atoms with van der Waals surface area (Å²) in [5, 5.41) is 6.55. The Kier molecular flexibility index (Phi) is 6.04. The van der Waals surface area contributed by atoms with E-state index in [1.807, 2.05) is 4.90 Å². The largest absolute Gasteiger partial charge is 0.441 e. The number of H-pyrrole nitrogens is 1. The van der Waals surface area contributed by atoms with E-state index in [-0.39, 0.29) is 12.0 Å². The molecule has 8 nitrogen and oxygen atoms in total. The number of aromatic nitrogens is 2. The molecule has 0 aromatic carbocycles. The maximum atomic E-state index is 12.4. The van der Waals surface area contributed by atoms with Crippen molar-refractivity contribution in [1.29, 1.82) is 0 Å². The molecule has 2 saturated heterocycles. The van der Waals surface area contributed by atoms with Crippen molar-refractivity contribution < 1.29 is 14.3 Å². The van der Waals surface area contributed by atoms with Crippen LogP contribution in [0.3, 0.4) is 0 Å². The Labute approximate surface area is 160 Å². The first kappa shape index (κ1) is 19.7. The van der Waals surface area contributed by atoms with Crippen LogP contribution in [0.1, 0.15) is 43.6 Å². The van der Waals surface area contributed by atoms with Gasteiger partial charge in [0.2, 0.25) is 0 Å². The quantitative estimate of drug-likeness (QED) is 0.784. The number of likely N-dealkylation sites (tertiary alicyclic amines) is 1. The van der Waals surface area contributed by atoms with Crippen molar-refractivity contribution >= 4 is 12.0 Å². The fourth-order valence-corrected chi connectivity index (χ4v) is 4.03. The van der Waals surface area contributed by atoms with Crippen molar-refractivity contribution in [2.45, 2.75) is 38.7 Å². The molecular formula is C19H31N5O3. The van der Waals surface area contributed by atoms with E-state index in [2.05, 4.69) is 36.0 Å². The average Bonchev–Trinajstić information content (AvgIpc) is 3.24. The second-order valence-corrected chi connectivity index (χ2v) is 8.24. The highest BCUT2D eigenvalue weighted by Crippen LogP contribution is 2.33. The van der Waals surface area contributed by atoms with Gasteiger partial charge in [-0.2, -0.15) is 5.10 Å². The van der Waals surface area contributed by atoms with E-state index < -0.39 is 5.60 Å². The topological polar surface area (TPSA) is 81.8 Å². The van der Waals surface area contributed by atoms with E-state index >= 15 is 0 Å². The molecule has 0 unspecified atom stereocenters. The van der Waals surface area contributed by atoms with Crippen LogP contribution < -0.4 is 0 Å². The number of carbonyl (C=O) groups excluding carboxylic acids is 2. The summed E-state index contributed by atoms with van der Waals surface area (Å²) in [6, 6.07) is 1.68. The summed E-state index contributed by atoms with van der Waals surface area (Å²) in [6.45, 7) is 9.00. The third kappa shape index (κ3) is 4.80. The van der Waals surface area contributed by atoms with E-state index in [0.717, 1.165) is 26.1 Å². The lowest BCUT2D eigenvalue weighted by Gasteiger charge is -2.37. The van der Waals surface area contributed by atoms with Gasteiger partial charge in [-0.05, 0) is 32.0 Å². The summed E-state index contributed by atoms with van der Waals surface area (Å²) in [7, 11) is 2.12. The number of nitrogens with zero attached hydrogens (tertiary/aromatic N) is 4. The molecule has 1 N–H and O–H groups in total. The number of nitrogens with one attached hydrogen (secondary N) is 1. The lowest BCUT2D eigenvalue weighted by Crippen LogP contribution is -2.48. The minimum atomic E-state index is -0.439. The second-order valence-electron chi connectivity index (χ2n) is 8.24. The third-order valence-electron chi connectivity index (χ3n) is 5.38. The molecule has 0 bridgehead atoms. The fraction of sp³-hybridized carbons (Fsp3) is 0.737. The van der Waals surface area contributed by atoms with Crippen LogP contribution in [-0.2, 0) is 4.74 Å². The standard InChI is InChI=1S/C19H31N5O3/c1-15(2)13-22(3)9-4-10-24-14-19(27-18(24)26)6-11-23(12-7-19)17(25)16-5-8-20-21-16/h5,8,15H,4,6-7,9-14H2,1-3H3,(H,20,21). The highest BCUT2D eigenvalue weighted by molar-refractivity contribution is 5.92. The molecule has 0 atom stereocenters. The van der Waals surface area contributed by atoms with E-state index in [1.165, 1.54) is 0 Å². The van der Waals surface area contributed by atoms with Gasteiger partial charge in [-0.1, -0.05) is 13.8 Å². The van der Waals surface area contributed by atoms with Gasteiger partial charge < -0.3 is 19.4 Å². The van der Waals surface area contributed by atoms with E-state index in [1.54, 1.807) is 17.2 Å². The Balaban J connectivity index is 1.45. The number of rotatable bonds is 7. The van der Waals surface area contributed by atoms with Crippen molar-refractivity contribution in [1.82, 2.24) is 24.9 Å². The van der Waals surface area contributed by atoms with Crippen LogP contribution in [-0.4, -0.2) is 88.8 Å². The highest BCUT2D eigenvalue weighted by atomic mass is 16.6. The molecule has 1 aromatic rings. The van der Waals surface area contributed by atoms with Crippen molar-refractivity contribution in [3.05, 3.63) is 18.0 Å². The fourth-order valence-electron chi connectivity index (χ4n) is 4.03. The molecule has 27 heavy (non-hydrogen) atoms. The van der Waals surface area contributed by atoms with Gasteiger partial charge >= 0.3 is 6.09 Å². The van der Waals surface area contributed by atoms with Gasteiger partial charge in [-0.25, -0.2) is 4.79 Å². The SMILES string of the molecule is CC(C)CN(C)CCCN1CC2(CCN(C(=O)c3ccn[nH]3)CC2)OC1=O. The summed E-state index contributed by atoms with van der Waals surface area (Å²) < 4.78 is 5.76. The van der Waals surface area contributed by atoms with Crippen LogP contribution in [0.2, 0.25) is 0 Å². The molecule has 3 heterocycles. The van der Waals surface area contributed by atoms with Crippen LogP contribution >= 0.6 is 0 Å². The summed E-state index contributed by atoms with van der Waals surface area (Å²) in [5.41, 5.74) is 0.0626. The predicted octanol–water partition coefficient (Wildman–Crippen LogP) is 1.81. The molecule has 150 valence electrons. The molecule has 2 amide bonds. The minimum absolute atomic E-state index is 0.0447. The number of piperidine rings is 1. The molecule has 2 aliphatic rings. The summed E-state index contributed by atoms with van der Waals surface area (Å²) in [4.78, 5) is 30.6. The van der Waals surface area contributed by atoms with E-state index in [9.17, 15) is 9.59 Å². The summed E-state index contributed by atoms with van der Waals surface area (Å²) in [6.07, 6.45) is 3.67. The second kappa shape index (κ2) is 8.29. The number of carbonyl (C=O) groups is 2. The lowest BCUT2D eigenvalue weighted by molar-refractivity contribution is 0.00296. The van der Waals surface area contributed by atoms with Crippen LogP contribution in [0.15, 0.2) is 12.3 Å². The number of hydrogen-bond acceptors (Lipinski definition) is 5. The number of amides is 2. The molecular weight excluding hydrogens is 346 g/mol. The van der Waals surface area contributed by atoms with Crippen molar-refractivity contribution in [2.75, 3.05) is 46.3 Å². The molecule has 0 radical (unpaired) electrons. The smallest absolute Gasteiger partial charge is 0.410 e. The van der Waals surface area contributed by atoms with Gasteiger partial charge in [-0.3, -0.25) is 9.89 Å². The Morgan fingerprint density at radius 3 is 2.78 bits per heavy atom. The highest BCUT2D eigenvalue weighted by Gasteiger charge is 2.47. The monoisotopic (exact) mass is 377 g/mol.